The first kappa shape index (κ1) is 15.1. The number of Topliss-reactive ketones (excluding diaryl/α,β-unsaturated/α-hetero) is 1. The lowest BCUT2D eigenvalue weighted by molar-refractivity contribution is -0.143. The number of fused-ring (bicyclic) bond motifs is 5. The number of carbonyl (C=O) groups excluding carboxylic acids is 1. The van der Waals surface area contributed by atoms with Crippen LogP contribution in [0.3, 0.4) is 0 Å². The fourth-order valence-corrected chi connectivity index (χ4v) is 6.98. The Morgan fingerprint density at radius 2 is 1.82 bits per heavy atom. The summed E-state index contributed by atoms with van der Waals surface area (Å²) in [5.74, 6) is 1.94. The van der Waals surface area contributed by atoms with E-state index in [-0.39, 0.29) is 17.8 Å². The molecule has 124 valence electrons. The van der Waals surface area contributed by atoms with E-state index in [2.05, 4.69) is 6.92 Å². The molecule has 0 bridgehead atoms. The number of alkyl halides is 1. The molecule has 22 heavy (non-hydrogen) atoms. The number of aliphatic hydroxyl groups is 1. The van der Waals surface area contributed by atoms with Gasteiger partial charge in [-0.15, -0.1) is 0 Å². The van der Waals surface area contributed by atoms with E-state index in [1.54, 1.807) is 0 Å². The van der Waals surface area contributed by atoms with E-state index in [0.717, 1.165) is 44.9 Å². The van der Waals surface area contributed by atoms with Crippen LogP contribution < -0.4 is 0 Å². The number of hydrogen-bond acceptors (Lipinski definition) is 2. The lowest BCUT2D eigenvalue weighted by atomic mass is 9.45. The zero-order valence-electron chi connectivity index (χ0n) is 13.9. The van der Waals surface area contributed by atoms with E-state index >= 15 is 0 Å². The Balaban J connectivity index is 1.64. The second-order valence-corrected chi connectivity index (χ2v) is 9.11. The molecule has 4 saturated carbocycles. The summed E-state index contributed by atoms with van der Waals surface area (Å²) in [6, 6.07) is 0. The average Bonchev–Trinajstić information content (AvgIpc) is 2.72. The molecule has 4 aliphatic rings. The quantitative estimate of drug-likeness (QED) is 0.737. The normalized spacial score (nSPS) is 57.9. The molecule has 4 rings (SSSR count). The Labute approximate surface area is 132 Å². The molecule has 3 heteroatoms. The van der Waals surface area contributed by atoms with Crippen molar-refractivity contribution in [2.24, 2.45) is 34.5 Å². The Hall–Kier alpha value is -0.440. The van der Waals surface area contributed by atoms with Crippen molar-refractivity contribution in [2.45, 2.75) is 77.5 Å². The highest BCUT2D eigenvalue weighted by molar-refractivity contribution is 5.91. The topological polar surface area (TPSA) is 37.3 Å². The minimum Gasteiger partial charge on any atom is -0.393 e. The number of halogens is 1. The van der Waals surface area contributed by atoms with Crippen LogP contribution in [0.4, 0.5) is 4.39 Å². The third-order valence-corrected chi connectivity index (χ3v) is 8.34. The fourth-order valence-electron chi connectivity index (χ4n) is 6.98. The molecule has 1 N–H and O–H groups in total. The monoisotopic (exact) mass is 308 g/mol. The summed E-state index contributed by atoms with van der Waals surface area (Å²) in [4.78, 5) is 12.3. The highest BCUT2D eigenvalue weighted by Crippen LogP contribution is 2.65. The highest BCUT2D eigenvalue weighted by atomic mass is 19.1. The van der Waals surface area contributed by atoms with Crippen molar-refractivity contribution in [1.29, 1.82) is 0 Å². The Morgan fingerprint density at radius 1 is 1.05 bits per heavy atom. The molecule has 0 aliphatic heterocycles. The zero-order valence-corrected chi connectivity index (χ0v) is 13.9. The predicted octanol–water partition coefficient (Wildman–Crippen LogP) is 3.91. The first-order chi connectivity index (χ1) is 10.4. The van der Waals surface area contributed by atoms with Gasteiger partial charge in [0, 0.05) is 5.41 Å². The summed E-state index contributed by atoms with van der Waals surface area (Å²) in [6.07, 6.45) is 6.37. The van der Waals surface area contributed by atoms with Gasteiger partial charge in [-0.2, -0.15) is 0 Å². The van der Waals surface area contributed by atoms with Crippen molar-refractivity contribution in [2.75, 3.05) is 0 Å². The van der Waals surface area contributed by atoms with Gasteiger partial charge in [0.05, 0.1) is 6.10 Å². The first-order valence-corrected chi connectivity index (χ1v) is 9.23. The van der Waals surface area contributed by atoms with Crippen LogP contribution >= 0.6 is 0 Å². The van der Waals surface area contributed by atoms with Gasteiger partial charge in [0.25, 0.3) is 0 Å². The maximum Gasteiger partial charge on any atom is 0.173 e. The fraction of sp³-hybridized carbons (Fsp3) is 0.947. The molecule has 0 saturated heterocycles. The summed E-state index contributed by atoms with van der Waals surface area (Å²) in [6.45, 7) is 4.46. The van der Waals surface area contributed by atoms with E-state index in [1.807, 2.05) is 6.92 Å². The molecule has 0 spiro atoms. The lowest BCUT2D eigenvalue weighted by Crippen LogP contribution is -2.54. The maximum absolute atomic E-state index is 14.1. The predicted molar refractivity (Wildman–Crippen MR) is 83.0 cm³/mol. The molecule has 4 fully saturated rings. The van der Waals surface area contributed by atoms with Crippen LogP contribution in [0.5, 0.6) is 0 Å². The van der Waals surface area contributed by atoms with E-state index in [4.69, 9.17) is 0 Å². The minimum atomic E-state index is -1.22. The largest absolute Gasteiger partial charge is 0.393 e. The van der Waals surface area contributed by atoms with E-state index in [1.165, 1.54) is 0 Å². The Morgan fingerprint density at radius 3 is 2.59 bits per heavy atom. The van der Waals surface area contributed by atoms with Crippen LogP contribution in [0.2, 0.25) is 0 Å². The van der Waals surface area contributed by atoms with Crippen LogP contribution in [0.25, 0.3) is 0 Å². The summed E-state index contributed by atoms with van der Waals surface area (Å²) >= 11 is 0. The minimum absolute atomic E-state index is 0.109. The molecule has 0 aromatic rings. The molecular weight excluding hydrogens is 279 g/mol. The van der Waals surface area contributed by atoms with Crippen molar-refractivity contribution in [3.63, 3.8) is 0 Å². The van der Waals surface area contributed by atoms with Crippen molar-refractivity contribution >= 4 is 5.78 Å². The van der Waals surface area contributed by atoms with Crippen molar-refractivity contribution in [3.8, 4) is 0 Å². The molecule has 0 amide bonds. The van der Waals surface area contributed by atoms with Gasteiger partial charge in [-0.1, -0.05) is 13.8 Å². The maximum atomic E-state index is 14.1. The second kappa shape index (κ2) is 4.78. The summed E-state index contributed by atoms with van der Waals surface area (Å²) in [5, 5.41) is 10.0. The van der Waals surface area contributed by atoms with E-state index in [0.29, 0.717) is 29.6 Å². The second-order valence-electron chi connectivity index (χ2n) is 9.11. The van der Waals surface area contributed by atoms with Gasteiger partial charge in [-0.05, 0) is 80.5 Å². The molecule has 2 nitrogen and oxygen atoms in total. The van der Waals surface area contributed by atoms with Gasteiger partial charge in [-0.3, -0.25) is 4.79 Å². The molecule has 0 aromatic heterocycles. The number of carbonyl (C=O) groups is 1. The zero-order chi connectivity index (χ0) is 15.7. The Kier molecular flexibility index (Phi) is 3.28. The van der Waals surface area contributed by atoms with Gasteiger partial charge in [0.2, 0.25) is 0 Å². The van der Waals surface area contributed by atoms with Crippen molar-refractivity contribution < 1.29 is 14.3 Å². The summed E-state index contributed by atoms with van der Waals surface area (Å²) in [5.41, 5.74) is -0.0844. The Bertz CT molecular complexity index is 492. The lowest BCUT2D eigenvalue weighted by Gasteiger charge is -2.59. The number of aliphatic hydroxyl groups excluding tert-OH is 1. The van der Waals surface area contributed by atoms with Crippen LogP contribution in [-0.2, 0) is 4.79 Å². The number of hydrogen-bond donors (Lipinski definition) is 1. The third-order valence-electron chi connectivity index (χ3n) is 8.34. The third kappa shape index (κ3) is 1.84. The van der Waals surface area contributed by atoms with Gasteiger partial charge >= 0.3 is 0 Å². The molecule has 0 aromatic carbocycles. The van der Waals surface area contributed by atoms with Crippen LogP contribution in [0, 0.1) is 34.5 Å². The van der Waals surface area contributed by atoms with Crippen LogP contribution in [0.15, 0.2) is 0 Å². The van der Waals surface area contributed by atoms with Crippen LogP contribution in [-0.4, -0.2) is 23.2 Å². The molecule has 1 unspecified atom stereocenters. The van der Waals surface area contributed by atoms with Gasteiger partial charge in [-0.25, -0.2) is 4.39 Å². The number of rotatable bonds is 0. The first-order valence-electron chi connectivity index (χ1n) is 9.23. The molecular formula is C19H29FO2. The van der Waals surface area contributed by atoms with Crippen molar-refractivity contribution in [1.82, 2.24) is 0 Å². The summed E-state index contributed by atoms with van der Waals surface area (Å²) in [7, 11) is 0. The van der Waals surface area contributed by atoms with Gasteiger partial charge in [0.15, 0.2) is 12.0 Å². The standard InChI is InChI=1S/C19H29FO2/c1-18-7-5-12(21)9-11(18)3-4-13-14(18)6-8-19(2)15(13)10-16(20)17(19)22/h11-16,21H,3-10H2,1-2H3/t11?,12-,13+,14-,15-,16-,18-,19-/m0/s1. The summed E-state index contributed by atoms with van der Waals surface area (Å²) < 4.78 is 14.1. The molecule has 4 aliphatic carbocycles. The highest BCUT2D eigenvalue weighted by Gasteiger charge is 2.62. The smallest absolute Gasteiger partial charge is 0.173 e. The number of ketones is 1. The average molecular weight is 308 g/mol. The van der Waals surface area contributed by atoms with Crippen molar-refractivity contribution in [3.05, 3.63) is 0 Å². The van der Waals surface area contributed by atoms with Gasteiger partial charge in [0.1, 0.15) is 0 Å². The van der Waals surface area contributed by atoms with Gasteiger partial charge < -0.3 is 5.11 Å². The molecule has 0 radical (unpaired) electrons. The molecule has 8 atom stereocenters. The SMILES string of the molecule is C[C@]12CC[C@H](O)CC1CC[C@@H]1[C@@H]2CC[C@]2(C)C(=O)[C@@H](F)C[C@@H]12. The van der Waals surface area contributed by atoms with E-state index < -0.39 is 11.6 Å². The van der Waals surface area contributed by atoms with E-state index in [9.17, 15) is 14.3 Å². The molecule has 0 heterocycles. The van der Waals surface area contributed by atoms with Crippen LogP contribution in [0.1, 0.15) is 65.2 Å².